The Morgan fingerprint density at radius 1 is 0.949 bits per heavy atom. The Bertz CT molecular complexity index is 1670. The van der Waals surface area contributed by atoms with E-state index in [4.69, 9.17) is 14.3 Å². The molecule has 2 heterocycles. The number of nitrogens with one attached hydrogen (secondary N) is 3. The number of likely N-dealkylation sites (tertiary alicyclic amines) is 1. The monoisotopic (exact) mass is 823 g/mol. The molecule has 2 aliphatic heterocycles. The number of carbonyl (C=O) groups is 5. The standard InChI is InChI=1S/C45H70N6O8/c1-12-28(6)39(49(9)44(56)38(27(4)5)48-42(54)37(46-8)26(2)3)33(57-10)24-36(52)50-22-16-19-32(50)40(58-11)29(7)41(53)47-31(23-30-17-14-13-15-18-30)43(55)51-34-20-21-45(34)25-35(45)59-51/h13-15,17-18,20-21,26-29,31-35,37-40,46H,12,16,19,22-25H2,1-11H3,(H,47,53)(H,48,54). The minimum Gasteiger partial charge on any atom is -0.379 e. The van der Waals surface area contributed by atoms with Crippen LogP contribution in [0.3, 0.4) is 0 Å². The molecule has 12 atom stereocenters. The number of rotatable bonds is 21. The van der Waals surface area contributed by atoms with Crippen LogP contribution in [0.15, 0.2) is 42.5 Å². The van der Waals surface area contributed by atoms with Crippen LogP contribution in [0.1, 0.15) is 86.1 Å². The summed E-state index contributed by atoms with van der Waals surface area (Å²) in [6.07, 6.45) is 6.12. The fourth-order valence-corrected chi connectivity index (χ4v) is 9.56. The fourth-order valence-electron chi connectivity index (χ4n) is 9.56. The van der Waals surface area contributed by atoms with Crippen LogP contribution in [-0.2, 0) is 44.7 Å². The molecular weight excluding hydrogens is 753 g/mol. The molecule has 1 saturated carbocycles. The van der Waals surface area contributed by atoms with Crippen LogP contribution in [0.5, 0.6) is 0 Å². The lowest BCUT2D eigenvalue weighted by molar-refractivity contribution is -0.187. The van der Waals surface area contributed by atoms with Crippen LogP contribution in [0.25, 0.3) is 0 Å². The number of hydrogen-bond donors (Lipinski definition) is 3. The third-order valence-corrected chi connectivity index (χ3v) is 13.5. The number of nitrogens with zero attached hydrogens (tertiary/aromatic N) is 3. The number of ether oxygens (including phenoxy) is 2. The van der Waals surface area contributed by atoms with Gasteiger partial charge in [0.2, 0.25) is 23.6 Å². The van der Waals surface area contributed by atoms with Crippen LogP contribution >= 0.6 is 0 Å². The summed E-state index contributed by atoms with van der Waals surface area (Å²) in [7, 11) is 6.57. The normalized spacial score (nSPS) is 25.8. The van der Waals surface area contributed by atoms with Crippen molar-refractivity contribution in [2.45, 2.75) is 142 Å². The van der Waals surface area contributed by atoms with Crippen molar-refractivity contribution in [2.24, 2.45) is 29.1 Å². The molecule has 1 aromatic carbocycles. The maximum absolute atomic E-state index is 14.4. The van der Waals surface area contributed by atoms with Crippen molar-refractivity contribution in [3.05, 3.63) is 48.0 Å². The third kappa shape index (κ3) is 9.71. The van der Waals surface area contributed by atoms with Crippen LogP contribution < -0.4 is 16.0 Å². The van der Waals surface area contributed by atoms with Crippen molar-refractivity contribution >= 4 is 29.5 Å². The van der Waals surface area contributed by atoms with E-state index in [2.05, 4.69) is 22.0 Å². The molecule has 0 radical (unpaired) electrons. The number of hydrogen-bond acceptors (Lipinski definition) is 9. The lowest BCUT2D eigenvalue weighted by Crippen LogP contribution is -2.59. The zero-order valence-electron chi connectivity index (χ0n) is 37.1. The van der Waals surface area contributed by atoms with Crippen molar-refractivity contribution in [1.82, 2.24) is 30.8 Å². The van der Waals surface area contributed by atoms with E-state index < -0.39 is 48.3 Å². The molecule has 2 aliphatic carbocycles. The SMILES string of the molecule is CCC(C)C(C(CC(=O)N1CCCC1C(OC)C(C)C(=O)NC(Cc1ccccc1)C(=O)N1OC2CC23C=CC13)OC)N(C)C(=O)C(NC(=O)C(NC)C(C)C)C(C)C. The van der Waals surface area contributed by atoms with Gasteiger partial charge in [-0.2, -0.15) is 0 Å². The first kappa shape index (κ1) is 46.2. The number of likely N-dealkylation sites (N-methyl/N-ethyl adjacent to an activating group) is 2. The summed E-state index contributed by atoms with van der Waals surface area (Å²) in [6, 6.07) is 6.51. The average molecular weight is 823 g/mol. The Morgan fingerprint density at radius 3 is 2.17 bits per heavy atom. The molecule has 1 spiro atoms. The summed E-state index contributed by atoms with van der Waals surface area (Å²) in [5, 5.41) is 10.6. The second kappa shape index (κ2) is 19.7. The summed E-state index contributed by atoms with van der Waals surface area (Å²) in [5.74, 6) is -2.18. The smallest absolute Gasteiger partial charge is 0.269 e. The number of amides is 5. The predicted octanol–water partition coefficient (Wildman–Crippen LogP) is 3.49. The number of methoxy groups -OCH3 is 2. The summed E-state index contributed by atoms with van der Waals surface area (Å²) in [6.45, 7) is 14.1. The molecule has 2 saturated heterocycles. The minimum atomic E-state index is -0.863. The quantitative estimate of drug-likeness (QED) is 0.158. The molecule has 3 fully saturated rings. The topological polar surface area (TPSA) is 159 Å². The van der Waals surface area contributed by atoms with Crippen LogP contribution in [-0.4, -0.2) is 134 Å². The highest BCUT2D eigenvalue weighted by atomic mass is 16.7. The van der Waals surface area contributed by atoms with E-state index in [0.717, 1.165) is 24.8 Å². The fraction of sp³-hybridized carbons (Fsp3) is 0.711. The molecule has 1 aromatic rings. The average Bonchev–Trinajstić information content (AvgIpc) is 3.68. The van der Waals surface area contributed by atoms with Gasteiger partial charge in [-0.05, 0) is 49.6 Å². The van der Waals surface area contributed by atoms with Crippen LogP contribution in [0.2, 0.25) is 0 Å². The Kier molecular flexibility index (Phi) is 15.4. The molecule has 14 nitrogen and oxygen atoms in total. The number of hydroxylamine groups is 2. The maximum Gasteiger partial charge on any atom is 0.269 e. The zero-order chi connectivity index (χ0) is 43.3. The Hall–Kier alpha value is -3.85. The van der Waals surface area contributed by atoms with Crippen LogP contribution in [0, 0.1) is 29.1 Å². The molecule has 328 valence electrons. The highest BCUT2D eigenvalue weighted by molar-refractivity contribution is 5.91. The van der Waals surface area contributed by atoms with E-state index in [1.807, 2.05) is 78.0 Å². The zero-order valence-corrected chi connectivity index (χ0v) is 37.1. The van der Waals surface area contributed by atoms with Crippen molar-refractivity contribution in [2.75, 3.05) is 34.9 Å². The molecule has 59 heavy (non-hydrogen) atoms. The van der Waals surface area contributed by atoms with Crippen molar-refractivity contribution in [3.8, 4) is 0 Å². The molecule has 5 amide bonds. The summed E-state index contributed by atoms with van der Waals surface area (Å²) in [4.78, 5) is 79.5. The maximum atomic E-state index is 14.4. The Balaban J connectivity index is 1.28. The van der Waals surface area contributed by atoms with Gasteiger partial charge in [0.05, 0.1) is 54.8 Å². The second-order valence-electron chi connectivity index (χ2n) is 18.0. The lowest BCUT2D eigenvalue weighted by Gasteiger charge is -2.41. The molecule has 5 rings (SSSR count). The summed E-state index contributed by atoms with van der Waals surface area (Å²) in [5.41, 5.74) is 0.828. The van der Waals surface area contributed by atoms with Crippen molar-refractivity contribution < 1.29 is 38.3 Å². The number of carbonyl (C=O) groups excluding carboxylic acids is 5. The molecule has 3 N–H and O–H groups in total. The minimum absolute atomic E-state index is 0.00177. The summed E-state index contributed by atoms with van der Waals surface area (Å²) >= 11 is 0. The molecule has 4 aliphatic rings. The molecule has 0 aromatic heterocycles. The Labute approximate surface area is 351 Å². The van der Waals surface area contributed by atoms with E-state index in [1.54, 1.807) is 45.0 Å². The van der Waals surface area contributed by atoms with E-state index in [9.17, 15) is 24.0 Å². The Morgan fingerprint density at radius 2 is 1.63 bits per heavy atom. The van der Waals surface area contributed by atoms with Crippen molar-refractivity contribution in [1.29, 1.82) is 0 Å². The van der Waals surface area contributed by atoms with Gasteiger partial charge in [-0.1, -0.05) is 97.4 Å². The first-order chi connectivity index (χ1) is 28.0. The summed E-state index contributed by atoms with van der Waals surface area (Å²) < 4.78 is 12.1. The van der Waals surface area contributed by atoms with Gasteiger partial charge >= 0.3 is 0 Å². The highest BCUT2D eigenvalue weighted by Crippen LogP contribution is 2.64. The predicted molar refractivity (Wildman–Crippen MR) is 224 cm³/mol. The van der Waals surface area contributed by atoms with Gasteiger partial charge in [-0.3, -0.25) is 28.8 Å². The number of benzene rings is 1. The van der Waals surface area contributed by atoms with E-state index >= 15 is 0 Å². The van der Waals surface area contributed by atoms with Gasteiger partial charge in [-0.25, -0.2) is 5.06 Å². The van der Waals surface area contributed by atoms with E-state index in [0.29, 0.717) is 19.4 Å². The molecule has 14 heteroatoms. The third-order valence-electron chi connectivity index (χ3n) is 13.5. The van der Waals surface area contributed by atoms with Gasteiger partial charge in [0.25, 0.3) is 5.91 Å². The molecule has 0 bridgehead atoms. The van der Waals surface area contributed by atoms with Gasteiger partial charge in [0.15, 0.2) is 0 Å². The van der Waals surface area contributed by atoms with Crippen molar-refractivity contribution in [3.63, 3.8) is 0 Å². The highest BCUT2D eigenvalue weighted by Gasteiger charge is 2.71. The molecule has 12 unspecified atom stereocenters. The molecular formula is C45H70N6O8. The van der Waals surface area contributed by atoms with Crippen LogP contribution in [0.4, 0.5) is 0 Å². The first-order valence-corrected chi connectivity index (χ1v) is 21.7. The second-order valence-corrected chi connectivity index (χ2v) is 18.0. The lowest BCUT2D eigenvalue weighted by atomic mass is 9.85. The van der Waals surface area contributed by atoms with Gasteiger partial charge in [0, 0.05) is 39.6 Å². The van der Waals surface area contributed by atoms with Gasteiger partial charge in [-0.15, -0.1) is 0 Å². The van der Waals surface area contributed by atoms with Gasteiger partial charge < -0.3 is 35.2 Å². The largest absolute Gasteiger partial charge is 0.379 e. The van der Waals surface area contributed by atoms with E-state index in [1.165, 1.54) is 5.06 Å². The first-order valence-electron chi connectivity index (χ1n) is 21.7. The van der Waals surface area contributed by atoms with Gasteiger partial charge in [0.1, 0.15) is 12.1 Å². The van der Waals surface area contributed by atoms with E-state index in [-0.39, 0.29) is 71.3 Å².